The Balaban J connectivity index is 2.21. The molecule has 1 aromatic carbocycles. The molecule has 2 N–H and O–H groups in total. The van der Waals surface area contributed by atoms with Crippen molar-refractivity contribution in [1.29, 1.82) is 0 Å². The van der Waals surface area contributed by atoms with Crippen molar-refractivity contribution in [3.63, 3.8) is 0 Å². The molecule has 88 valence electrons. The third-order valence-corrected chi connectivity index (χ3v) is 2.71. The molecule has 0 bridgehead atoms. The lowest BCUT2D eigenvalue weighted by Crippen LogP contribution is -2.15. The number of aromatic hydroxyl groups is 1. The lowest BCUT2D eigenvalue weighted by atomic mass is 10.2. The summed E-state index contributed by atoms with van der Waals surface area (Å²) < 4.78 is 5.73. The number of phenols is 1. The number of nitrogens with one attached hydrogen (secondary N) is 1. The van der Waals surface area contributed by atoms with Gasteiger partial charge in [-0.15, -0.1) is 0 Å². The monoisotopic (exact) mass is 285 g/mol. The zero-order valence-corrected chi connectivity index (χ0v) is 10.7. The summed E-state index contributed by atoms with van der Waals surface area (Å²) in [6.07, 6.45) is 2.41. The Hall–Kier alpha value is -1.00. The maximum Gasteiger partial charge on any atom is 0.129 e. The zero-order valence-electron chi connectivity index (χ0n) is 9.08. The molecule has 0 aliphatic rings. The molecule has 0 saturated carbocycles. The first kappa shape index (κ1) is 13.1. The summed E-state index contributed by atoms with van der Waals surface area (Å²) in [7, 11) is 0. The van der Waals surface area contributed by atoms with Crippen LogP contribution in [0.5, 0.6) is 5.75 Å². The minimum absolute atomic E-state index is 0.267. The van der Waals surface area contributed by atoms with Crippen LogP contribution in [0.4, 0.5) is 0 Å². The van der Waals surface area contributed by atoms with Crippen LogP contribution in [0.2, 0.25) is 0 Å². The summed E-state index contributed by atoms with van der Waals surface area (Å²) in [6.45, 7) is 5.84. The van der Waals surface area contributed by atoms with E-state index in [1.165, 1.54) is 6.26 Å². The Bertz CT molecular complexity index is 342. The number of hydrogen-bond acceptors (Lipinski definition) is 3. The molecule has 16 heavy (non-hydrogen) atoms. The zero-order chi connectivity index (χ0) is 11.8. The van der Waals surface area contributed by atoms with Crippen molar-refractivity contribution in [3.8, 4) is 5.75 Å². The highest BCUT2D eigenvalue weighted by Gasteiger charge is 1.98. The maximum absolute atomic E-state index is 9.32. The number of phenolic OH excluding ortho intramolecular Hbond substituents is 1. The van der Waals surface area contributed by atoms with E-state index in [9.17, 15) is 5.11 Å². The second kappa shape index (κ2) is 7.30. The molecule has 0 radical (unpaired) electrons. The summed E-state index contributed by atoms with van der Waals surface area (Å²) in [6, 6.07) is 5.48. The van der Waals surface area contributed by atoms with E-state index in [-0.39, 0.29) is 5.75 Å². The van der Waals surface area contributed by atoms with Crippen molar-refractivity contribution in [2.24, 2.45) is 0 Å². The van der Waals surface area contributed by atoms with Gasteiger partial charge in [-0.3, -0.25) is 0 Å². The molecule has 1 aromatic rings. The van der Waals surface area contributed by atoms with E-state index in [1.807, 2.05) is 12.1 Å². The Morgan fingerprint density at radius 2 is 2.31 bits per heavy atom. The van der Waals surface area contributed by atoms with Gasteiger partial charge in [0.2, 0.25) is 0 Å². The summed E-state index contributed by atoms with van der Waals surface area (Å²) >= 11 is 3.28. The van der Waals surface area contributed by atoms with Gasteiger partial charge >= 0.3 is 0 Å². The fraction of sp³-hybridized carbons (Fsp3) is 0.333. The summed E-state index contributed by atoms with van der Waals surface area (Å²) in [5.41, 5.74) is 1.13. The summed E-state index contributed by atoms with van der Waals surface area (Å²) in [4.78, 5) is 0. The van der Waals surface area contributed by atoms with Gasteiger partial charge in [0.15, 0.2) is 0 Å². The van der Waals surface area contributed by atoms with E-state index in [4.69, 9.17) is 4.74 Å². The topological polar surface area (TPSA) is 41.5 Å². The minimum atomic E-state index is 0.267. The van der Waals surface area contributed by atoms with Crippen molar-refractivity contribution in [2.45, 2.75) is 13.0 Å². The van der Waals surface area contributed by atoms with E-state index >= 15 is 0 Å². The molecule has 0 fully saturated rings. The predicted octanol–water partition coefficient (Wildman–Crippen LogP) is 2.79. The van der Waals surface area contributed by atoms with Crippen molar-refractivity contribution >= 4 is 15.9 Å². The first-order valence-corrected chi connectivity index (χ1v) is 5.94. The van der Waals surface area contributed by atoms with Gasteiger partial charge in [-0.2, -0.15) is 0 Å². The third-order valence-electron chi connectivity index (χ3n) is 2.07. The van der Waals surface area contributed by atoms with Crippen molar-refractivity contribution < 1.29 is 9.84 Å². The molecule has 0 heterocycles. The molecule has 0 saturated heterocycles. The first-order valence-electron chi connectivity index (χ1n) is 5.14. The number of ether oxygens (including phenoxy) is 1. The van der Waals surface area contributed by atoms with Crippen LogP contribution in [0, 0.1) is 0 Å². The van der Waals surface area contributed by atoms with Crippen LogP contribution in [0.15, 0.2) is 35.5 Å². The van der Waals surface area contributed by atoms with Gasteiger partial charge in [0.05, 0.1) is 17.3 Å². The minimum Gasteiger partial charge on any atom is -0.507 e. The summed E-state index contributed by atoms with van der Waals surface area (Å²) in [5.74, 6) is 0.267. The number of halogens is 1. The Morgan fingerprint density at radius 3 is 3.00 bits per heavy atom. The van der Waals surface area contributed by atoms with Crippen LogP contribution in [0.1, 0.15) is 12.0 Å². The first-order chi connectivity index (χ1) is 7.74. The van der Waals surface area contributed by atoms with Crippen LogP contribution in [0.25, 0.3) is 0 Å². The highest BCUT2D eigenvalue weighted by Crippen LogP contribution is 2.23. The molecule has 3 nitrogen and oxygen atoms in total. The van der Waals surface area contributed by atoms with Gasteiger partial charge in [-0.05, 0) is 46.6 Å². The molecule has 1 rings (SSSR count). The SMILES string of the molecule is C=COCCCNCc1ccc(O)c(Br)c1. The predicted molar refractivity (Wildman–Crippen MR) is 68.3 cm³/mol. The largest absolute Gasteiger partial charge is 0.507 e. The Labute approximate surface area is 104 Å². The van der Waals surface area contributed by atoms with Crippen molar-refractivity contribution in [3.05, 3.63) is 41.1 Å². The van der Waals surface area contributed by atoms with Gasteiger partial charge in [0.25, 0.3) is 0 Å². The fourth-order valence-corrected chi connectivity index (χ4v) is 1.68. The second-order valence-corrected chi connectivity index (χ2v) is 4.21. The van der Waals surface area contributed by atoms with E-state index < -0.39 is 0 Å². The Kier molecular flexibility index (Phi) is 5.96. The molecule has 4 heteroatoms. The van der Waals surface area contributed by atoms with Crippen LogP contribution in [0.3, 0.4) is 0 Å². The van der Waals surface area contributed by atoms with Crippen LogP contribution in [-0.4, -0.2) is 18.3 Å². The quantitative estimate of drug-likeness (QED) is 0.598. The van der Waals surface area contributed by atoms with Crippen molar-refractivity contribution in [2.75, 3.05) is 13.2 Å². The van der Waals surface area contributed by atoms with Crippen LogP contribution < -0.4 is 5.32 Å². The van der Waals surface area contributed by atoms with E-state index in [0.717, 1.165) is 29.5 Å². The molecule has 0 amide bonds. The molecular weight excluding hydrogens is 270 g/mol. The smallest absolute Gasteiger partial charge is 0.129 e. The number of benzene rings is 1. The number of hydrogen-bond donors (Lipinski definition) is 2. The standard InChI is InChI=1S/C12H16BrNO2/c1-2-16-7-3-6-14-9-10-4-5-12(15)11(13)8-10/h2,4-5,8,14-15H,1,3,6-7,9H2. The second-order valence-electron chi connectivity index (χ2n) is 3.35. The van der Waals surface area contributed by atoms with E-state index in [1.54, 1.807) is 6.07 Å². The average Bonchev–Trinajstić information content (AvgIpc) is 2.28. The molecule has 0 spiro atoms. The molecule has 0 aromatic heterocycles. The van der Waals surface area contributed by atoms with Gasteiger partial charge in [0.1, 0.15) is 5.75 Å². The van der Waals surface area contributed by atoms with E-state index in [0.29, 0.717) is 6.61 Å². The van der Waals surface area contributed by atoms with Crippen LogP contribution >= 0.6 is 15.9 Å². The van der Waals surface area contributed by atoms with Gasteiger partial charge in [-0.1, -0.05) is 12.6 Å². The molecule has 0 aliphatic carbocycles. The third kappa shape index (κ3) is 4.68. The molecular formula is C12H16BrNO2. The van der Waals surface area contributed by atoms with Gasteiger partial charge < -0.3 is 15.2 Å². The lowest BCUT2D eigenvalue weighted by Gasteiger charge is -2.06. The van der Waals surface area contributed by atoms with Gasteiger partial charge in [0, 0.05) is 6.54 Å². The van der Waals surface area contributed by atoms with Crippen molar-refractivity contribution in [1.82, 2.24) is 5.32 Å². The van der Waals surface area contributed by atoms with E-state index in [2.05, 4.69) is 27.8 Å². The molecule has 0 atom stereocenters. The lowest BCUT2D eigenvalue weighted by molar-refractivity contribution is 0.244. The van der Waals surface area contributed by atoms with Gasteiger partial charge in [-0.25, -0.2) is 0 Å². The fourth-order valence-electron chi connectivity index (χ4n) is 1.26. The molecule has 0 unspecified atom stereocenters. The van der Waals surface area contributed by atoms with Crippen LogP contribution in [-0.2, 0) is 11.3 Å². The summed E-state index contributed by atoms with van der Waals surface area (Å²) in [5, 5.41) is 12.6. The number of rotatable bonds is 7. The molecule has 0 aliphatic heterocycles. The maximum atomic E-state index is 9.32. The highest BCUT2D eigenvalue weighted by molar-refractivity contribution is 9.10. The highest BCUT2D eigenvalue weighted by atomic mass is 79.9. The Morgan fingerprint density at radius 1 is 1.50 bits per heavy atom. The normalized spacial score (nSPS) is 10.1. The average molecular weight is 286 g/mol.